The minimum absolute atomic E-state index is 0.109. The van der Waals surface area contributed by atoms with Gasteiger partial charge in [0.25, 0.3) is 10.0 Å². The van der Waals surface area contributed by atoms with E-state index in [0.29, 0.717) is 10.1 Å². The van der Waals surface area contributed by atoms with Crippen molar-refractivity contribution in [2.45, 2.75) is 11.8 Å². The Kier molecular flexibility index (Phi) is 4.41. The highest BCUT2D eigenvalue weighted by Gasteiger charge is 2.23. The van der Waals surface area contributed by atoms with Crippen LogP contribution >= 0.6 is 31.9 Å². The fraction of sp³-hybridized carbons (Fsp3) is 0.0769. The summed E-state index contributed by atoms with van der Waals surface area (Å²) in [6.07, 6.45) is 1.41. The highest BCUT2D eigenvalue weighted by molar-refractivity contribution is 9.13. The van der Waals surface area contributed by atoms with Crippen molar-refractivity contribution in [1.29, 1.82) is 0 Å². The number of nitrogens with zero attached hydrogens (tertiary/aromatic N) is 1. The van der Waals surface area contributed by atoms with Crippen molar-refractivity contribution in [3.63, 3.8) is 0 Å². The Labute approximate surface area is 133 Å². The Bertz CT molecular complexity index is 762. The van der Waals surface area contributed by atoms with Crippen molar-refractivity contribution in [3.8, 4) is 0 Å². The molecule has 0 N–H and O–H groups in total. The van der Waals surface area contributed by atoms with Crippen LogP contribution in [-0.4, -0.2) is 19.9 Å². The van der Waals surface area contributed by atoms with E-state index in [-0.39, 0.29) is 20.9 Å². The smallest absolute Gasteiger partial charge is 0.282 e. The van der Waals surface area contributed by atoms with E-state index in [0.717, 1.165) is 0 Å². The molecule has 1 aromatic rings. The van der Waals surface area contributed by atoms with E-state index in [2.05, 4.69) is 36.3 Å². The van der Waals surface area contributed by atoms with Gasteiger partial charge in [0, 0.05) is 0 Å². The molecule has 1 aromatic carbocycles. The molecular weight excluding hydrogens is 410 g/mol. The van der Waals surface area contributed by atoms with Gasteiger partial charge in [-0.25, -0.2) is 0 Å². The van der Waals surface area contributed by atoms with E-state index in [1.54, 1.807) is 25.1 Å². The maximum absolute atomic E-state index is 12.2. The van der Waals surface area contributed by atoms with Crippen LogP contribution in [-0.2, 0) is 14.8 Å². The normalized spacial score (nSPS) is 18.4. The summed E-state index contributed by atoms with van der Waals surface area (Å²) in [7, 11) is -3.80. The highest BCUT2D eigenvalue weighted by Crippen LogP contribution is 2.28. The summed E-state index contributed by atoms with van der Waals surface area (Å²) in [5.41, 5.74) is 0.713. The predicted octanol–water partition coefficient (Wildman–Crippen LogP) is 3.35. The first-order chi connectivity index (χ1) is 9.33. The monoisotopic (exact) mass is 417 g/mol. The molecule has 1 aliphatic carbocycles. The van der Waals surface area contributed by atoms with E-state index >= 15 is 0 Å². The molecular formula is C13H9Br2NO3S. The molecule has 7 heteroatoms. The second-order valence-electron chi connectivity index (χ2n) is 4.03. The van der Waals surface area contributed by atoms with Crippen LogP contribution in [0, 0.1) is 0 Å². The quantitative estimate of drug-likeness (QED) is 0.691. The van der Waals surface area contributed by atoms with Crippen LogP contribution in [0.15, 0.2) is 60.2 Å². The molecule has 20 heavy (non-hydrogen) atoms. The van der Waals surface area contributed by atoms with E-state index in [1.807, 2.05) is 0 Å². The average Bonchev–Trinajstić information content (AvgIpc) is 2.43. The summed E-state index contributed by atoms with van der Waals surface area (Å²) in [6, 6.07) is 7.92. The summed E-state index contributed by atoms with van der Waals surface area (Å²) < 4.78 is 28.7. The molecule has 0 atom stereocenters. The van der Waals surface area contributed by atoms with E-state index in [4.69, 9.17) is 0 Å². The summed E-state index contributed by atoms with van der Waals surface area (Å²) in [6.45, 7) is 1.64. The molecule has 0 saturated heterocycles. The van der Waals surface area contributed by atoms with E-state index in [1.165, 1.54) is 18.2 Å². The molecule has 4 nitrogen and oxygen atoms in total. The van der Waals surface area contributed by atoms with Crippen molar-refractivity contribution in [3.05, 3.63) is 50.9 Å². The maximum atomic E-state index is 12.2. The lowest BCUT2D eigenvalue weighted by Gasteiger charge is -2.12. The van der Waals surface area contributed by atoms with Gasteiger partial charge >= 0.3 is 0 Å². The van der Waals surface area contributed by atoms with Gasteiger partial charge in [-0.15, -0.1) is 0 Å². The Hall–Kier alpha value is -1.05. The zero-order chi connectivity index (χ0) is 14.9. The molecule has 0 unspecified atom stereocenters. The van der Waals surface area contributed by atoms with Crippen molar-refractivity contribution in [2.75, 3.05) is 0 Å². The fourth-order valence-electron chi connectivity index (χ4n) is 1.55. The predicted molar refractivity (Wildman–Crippen MR) is 84.7 cm³/mol. The molecule has 104 valence electrons. The van der Waals surface area contributed by atoms with Crippen LogP contribution in [0.4, 0.5) is 0 Å². The standard InChI is InChI=1S/C13H9Br2NO3S/c1-8-11(7-10(14)13(17)12(8)15)16-20(18,19)9-5-3-2-4-6-9/h2-7H,1H3. The molecule has 0 bridgehead atoms. The van der Waals surface area contributed by atoms with Crippen molar-refractivity contribution in [1.82, 2.24) is 0 Å². The maximum Gasteiger partial charge on any atom is 0.282 e. The number of carbonyl (C=O) groups is 1. The number of hydrogen-bond donors (Lipinski definition) is 0. The van der Waals surface area contributed by atoms with Gasteiger partial charge in [-0.3, -0.25) is 4.79 Å². The summed E-state index contributed by atoms with van der Waals surface area (Å²) in [4.78, 5) is 11.8. The lowest BCUT2D eigenvalue weighted by Crippen LogP contribution is -2.14. The summed E-state index contributed by atoms with van der Waals surface area (Å²) in [5.74, 6) is -0.237. The first kappa shape index (κ1) is 15.3. The SMILES string of the molecule is CC1=C(Br)C(=O)C(Br)=CC1=NS(=O)(=O)c1ccccc1. The zero-order valence-electron chi connectivity index (χ0n) is 10.3. The van der Waals surface area contributed by atoms with Crippen LogP contribution in [0.5, 0.6) is 0 Å². The second kappa shape index (κ2) is 5.75. The first-order valence-electron chi connectivity index (χ1n) is 5.51. The number of hydrogen-bond acceptors (Lipinski definition) is 3. The van der Waals surface area contributed by atoms with E-state index < -0.39 is 10.0 Å². The van der Waals surface area contributed by atoms with Gasteiger partial charge < -0.3 is 0 Å². The second-order valence-corrected chi connectivity index (χ2v) is 7.28. The lowest BCUT2D eigenvalue weighted by molar-refractivity contribution is -0.110. The topological polar surface area (TPSA) is 63.6 Å². The third-order valence-corrected chi connectivity index (χ3v) is 5.50. The zero-order valence-corrected chi connectivity index (χ0v) is 14.3. The Morgan fingerprint density at radius 2 is 1.70 bits per heavy atom. The van der Waals surface area contributed by atoms with E-state index in [9.17, 15) is 13.2 Å². The third kappa shape index (κ3) is 2.99. The van der Waals surface area contributed by atoms with Gasteiger partial charge in [-0.1, -0.05) is 18.2 Å². The summed E-state index contributed by atoms with van der Waals surface area (Å²) >= 11 is 6.24. The number of ketones is 1. The minimum Gasteiger partial charge on any atom is -0.287 e. The van der Waals surface area contributed by atoms with Gasteiger partial charge in [0.05, 0.1) is 19.6 Å². The van der Waals surface area contributed by atoms with Gasteiger partial charge in [0.2, 0.25) is 5.78 Å². The number of carbonyl (C=O) groups excluding carboxylic acids is 1. The molecule has 0 heterocycles. The molecule has 0 spiro atoms. The Morgan fingerprint density at radius 1 is 1.10 bits per heavy atom. The van der Waals surface area contributed by atoms with Gasteiger partial charge in [0.1, 0.15) is 0 Å². The molecule has 0 radical (unpaired) electrons. The largest absolute Gasteiger partial charge is 0.287 e. The number of halogens is 2. The van der Waals surface area contributed by atoms with Crippen molar-refractivity contribution < 1.29 is 13.2 Å². The van der Waals surface area contributed by atoms with Crippen LogP contribution in [0.2, 0.25) is 0 Å². The highest BCUT2D eigenvalue weighted by atomic mass is 79.9. The van der Waals surface area contributed by atoms with Crippen LogP contribution in [0.1, 0.15) is 6.92 Å². The molecule has 0 fully saturated rings. The molecule has 0 amide bonds. The average molecular weight is 419 g/mol. The molecule has 0 saturated carbocycles. The number of Topliss-reactive ketones (excluding diaryl/α,β-unsaturated/α-hetero) is 1. The number of rotatable bonds is 2. The van der Waals surface area contributed by atoms with Crippen LogP contribution < -0.4 is 0 Å². The molecule has 2 rings (SSSR count). The van der Waals surface area contributed by atoms with Crippen LogP contribution in [0.3, 0.4) is 0 Å². The Morgan fingerprint density at radius 3 is 2.30 bits per heavy atom. The summed E-state index contributed by atoms with van der Waals surface area (Å²) in [5, 5.41) is 0. The molecule has 1 aliphatic rings. The molecule has 0 aliphatic heterocycles. The third-order valence-electron chi connectivity index (χ3n) is 2.65. The lowest BCUT2D eigenvalue weighted by atomic mass is 10.1. The van der Waals surface area contributed by atoms with Gasteiger partial charge in [-0.05, 0) is 62.6 Å². The minimum atomic E-state index is -3.80. The number of allylic oxidation sites excluding steroid dienone is 4. The van der Waals surface area contributed by atoms with Crippen molar-refractivity contribution in [2.24, 2.45) is 4.40 Å². The first-order valence-corrected chi connectivity index (χ1v) is 8.54. The van der Waals surface area contributed by atoms with Gasteiger partial charge in [0.15, 0.2) is 0 Å². The Balaban J connectivity index is 2.54. The van der Waals surface area contributed by atoms with Crippen molar-refractivity contribution >= 4 is 53.4 Å². The van der Waals surface area contributed by atoms with Crippen LogP contribution in [0.25, 0.3) is 0 Å². The fourth-order valence-corrected chi connectivity index (χ4v) is 3.70. The number of benzene rings is 1. The van der Waals surface area contributed by atoms with Gasteiger partial charge in [-0.2, -0.15) is 12.8 Å². The molecule has 0 aromatic heterocycles. The number of sulfonamides is 1.